The van der Waals surface area contributed by atoms with Gasteiger partial charge in [0, 0.05) is 32.3 Å². The highest BCUT2D eigenvalue weighted by atomic mass is 16.5. The van der Waals surface area contributed by atoms with Gasteiger partial charge in [0.25, 0.3) is 5.56 Å². The average molecular weight is 346 g/mol. The largest absolute Gasteiger partial charge is 0.394 e. The van der Waals surface area contributed by atoms with Gasteiger partial charge in [0.05, 0.1) is 24.8 Å². The molecule has 1 aliphatic carbocycles. The van der Waals surface area contributed by atoms with E-state index >= 15 is 0 Å². The molecule has 0 aliphatic heterocycles. The van der Waals surface area contributed by atoms with Crippen molar-refractivity contribution in [2.24, 2.45) is 0 Å². The second-order valence-corrected chi connectivity index (χ2v) is 6.62. The number of benzene rings is 1. The average Bonchev–Trinajstić information content (AvgIpc) is 3.07. The Morgan fingerprint density at radius 1 is 1.28 bits per heavy atom. The molecule has 6 nitrogen and oxygen atoms in total. The zero-order valence-corrected chi connectivity index (χ0v) is 14.6. The monoisotopic (exact) mass is 346 g/mol. The lowest BCUT2D eigenvalue weighted by atomic mass is 10.0. The lowest BCUT2D eigenvalue weighted by Crippen LogP contribution is -2.33. The summed E-state index contributed by atoms with van der Waals surface area (Å²) in [5.41, 5.74) is 4.30. The number of pyridine rings is 1. The first-order valence-corrected chi connectivity index (χ1v) is 8.81. The molecule has 1 heterocycles. The van der Waals surface area contributed by atoms with Gasteiger partial charge in [-0.2, -0.15) is 0 Å². The minimum atomic E-state index is -0.820. The number of fused-ring (bicyclic) bond motifs is 2. The van der Waals surface area contributed by atoms with Crippen LogP contribution in [0.25, 0.3) is 10.9 Å². The molecule has 0 amide bonds. The Morgan fingerprint density at radius 3 is 2.76 bits per heavy atom. The zero-order valence-electron chi connectivity index (χ0n) is 14.6. The van der Waals surface area contributed by atoms with Crippen LogP contribution < -0.4 is 10.9 Å². The number of rotatable bonds is 8. The summed E-state index contributed by atoms with van der Waals surface area (Å²) in [5.74, 6) is 0. The molecule has 6 heteroatoms. The summed E-state index contributed by atoms with van der Waals surface area (Å²) in [5, 5.41) is 22.4. The summed E-state index contributed by atoms with van der Waals surface area (Å²) in [6.45, 7) is 1.30. The van der Waals surface area contributed by atoms with Crippen molar-refractivity contribution in [2.75, 3.05) is 26.9 Å². The highest BCUT2D eigenvalue weighted by Crippen LogP contribution is 2.27. The van der Waals surface area contributed by atoms with Crippen LogP contribution in [0, 0.1) is 0 Å². The summed E-state index contributed by atoms with van der Waals surface area (Å²) in [6, 6.07) is 6.30. The Labute approximate surface area is 147 Å². The fourth-order valence-electron chi connectivity index (χ4n) is 3.48. The molecular weight excluding hydrogens is 320 g/mol. The zero-order chi connectivity index (χ0) is 17.8. The van der Waals surface area contributed by atoms with Gasteiger partial charge in [-0.05, 0) is 54.0 Å². The number of nitrogens with zero attached hydrogens (tertiary/aromatic N) is 1. The first-order chi connectivity index (χ1) is 12.1. The van der Waals surface area contributed by atoms with Crippen LogP contribution in [0.1, 0.15) is 23.1 Å². The number of aliphatic hydroxyl groups is 2. The maximum atomic E-state index is 12.9. The molecule has 0 bridgehead atoms. The molecule has 136 valence electrons. The number of aliphatic hydroxyl groups excluding tert-OH is 2. The maximum absolute atomic E-state index is 12.9. The second-order valence-electron chi connectivity index (χ2n) is 6.62. The van der Waals surface area contributed by atoms with Gasteiger partial charge in [-0.15, -0.1) is 0 Å². The molecule has 1 aliphatic rings. The van der Waals surface area contributed by atoms with Crippen LogP contribution in [-0.4, -0.2) is 47.8 Å². The van der Waals surface area contributed by atoms with Gasteiger partial charge >= 0.3 is 0 Å². The molecule has 1 aromatic heterocycles. The van der Waals surface area contributed by atoms with Gasteiger partial charge in [0.1, 0.15) is 0 Å². The molecular formula is C19H26N2O4. The van der Waals surface area contributed by atoms with Crippen LogP contribution in [0.2, 0.25) is 0 Å². The normalized spacial score (nSPS) is 14.8. The summed E-state index contributed by atoms with van der Waals surface area (Å²) in [6.07, 6.45) is 2.52. The van der Waals surface area contributed by atoms with E-state index in [9.17, 15) is 9.90 Å². The summed E-state index contributed by atoms with van der Waals surface area (Å²) < 4.78 is 6.96. The van der Waals surface area contributed by atoms with Crippen molar-refractivity contribution in [1.29, 1.82) is 0 Å². The van der Waals surface area contributed by atoms with Crippen molar-refractivity contribution in [3.63, 3.8) is 0 Å². The van der Waals surface area contributed by atoms with E-state index in [-0.39, 0.29) is 18.7 Å². The quantitative estimate of drug-likeness (QED) is 0.651. The van der Waals surface area contributed by atoms with Gasteiger partial charge in [0.15, 0.2) is 0 Å². The predicted octanol–water partition coefficient (Wildman–Crippen LogP) is 0.579. The number of ether oxygens (including phenoxy) is 1. The Kier molecular flexibility index (Phi) is 5.86. The second kappa shape index (κ2) is 8.10. The highest BCUT2D eigenvalue weighted by molar-refractivity contribution is 5.82. The van der Waals surface area contributed by atoms with Crippen LogP contribution in [-0.2, 0) is 30.7 Å². The molecule has 0 fully saturated rings. The van der Waals surface area contributed by atoms with Crippen molar-refractivity contribution < 1.29 is 14.9 Å². The number of nitrogens with one attached hydrogen (secondary N) is 1. The molecule has 0 radical (unpaired) electrons. The third-order valence-electron chi connectivity index (χ3n) is 4.81. The predicted molar refractivity (Wildman–Crippen MR) is 96.9 cm³/mol. The molecule has 0 saturated heterocycles. The summed E-state index contributed by atoms with van der Waals surface area (Å²) in [4.78, 5) is 12.9. The van der Waals surface area contributed by atoms with E-state index in [0.717, 1.165) is 23.7 Å². The minimum Gasteiger partial charge on any atom is -0.394 e. The van der Waals surface area contributed by atoms with E-state index in [1.807, 2.05) is 6.07 Å². The Morgan fingerprint density at radius 2 is 2.04 bits per heavy atom. The SMILES string of the molecule is COCCn1c(=O)c(CNC[C@@H](O)CO)cc2cc3c(cc21)CCC3. The number of aromatic nitrogens is 1. The van der Waals surface area contributed by atoms with Gasteiger partial charge in [-0.3, -0.25) is 4.79 Å². The lowest BCUT2D eigenvalue weighted by Gasteiger charge is -2.15. The molecule has 0 unspecified atom stereocenters. The lowest BCUT2D eigenvalue weighted by molar-refractivity contribution is 0.0942. The highest BCUT2D eigenvalue weighted by Gasteiger charge is 2.16. The van der Waals surface area contributed by atoms with E-state index in [1.54, 1.807) is 11.7 Å². The molecule has 2 aromatic rings. The van der Waals surface area contributed by atoms with Crippen molar-refractivity contribution in [3.8, 4) is 0 Å². The standard InChI is InChI=1S/C19H26N2O4/c1-25-6-5-21-18-9-14-4-2-3-13(14)7-15(18)8-16(19(21)24)10-20-11-17(23)12-22/h7-9,17,20,22-23H,2-6,10-12H2,1H3/t17-/m1/s1. The van der Waals surface area contributed by atoms with Crippen molar-refractivity contribution >= 4 is 10.9 Å². The Balaban J connectivity index is 1.98. The summed E-state index contributed by atoms with van der Waals surface area (Å²) >= 11 is 0. The number of methoxy groups -OCH3 is 1. The van der Waals surface area contributed by atoms with Crippen LogP contribution in [0.15, 0.2) is 23.0 Å². The third-order valence-corrected chi connectivity index (χ3v) is 4.81. The fraction of sp³-hybridized carbons (Fsp3) is 0.526. The van der Waals surface area contributed by atoms with E-state index in [2.05, 4.69) is 17.4 Å². The van der Waals surface area contributed by atoms with Crippen LogP contribution in [0.4, 0.5) is 0 Å². The van der Waals surface area contributed by atoms with Crippen LogP contribution >= 0.6 is 0 Å². The molecule has 25 heavy (non-hydrogen) atoms. The molecule has 3 rings (SSSR count). The molecule has 0 spiro atoms. The first kappa shape index (κ1) is 18.1. The summed E-state index contributed by atoms with van der Waals surface area (Å²) in [7, 11) is 1.63. The topological polar surface area (TPSA) is 83.7 Å². The van der Waals surface area contributed by atoms with E-state index in [4.69, 9.17) is 9.84 Å². The van der Waals surface area contributed by atoms with Crippen molar-refractivity contribution in [2.45, 2.75) is 38.5 Å². The molecule has 3 N–H and O–H groups in total. The minimum absolute atomic E-state index is 0.0338. The van der Waals surface area contributed by atoms with E-state index in [1.165, 1.54) is 17.5 Å². The molecule has 0 saturated carbocycles. The van der Waals surface area contributed by atoms with Crippen molar-refractivity contribution in [3.05, 3.63) is 45.2 Å². The van der Waals surface area contributed by atoms with E-state index < -0.39 is 6.10 Å². The van der Waals surface area contributed by atoms with E-state index in [0.29, 0.717) is 25.3 Å². The maximum Gasteiger partial charge on any atom is 0.255 e. The van der Waals surface area contributed by atoms with Gasteiger partial charge in [0.2, 0.25) is 0 Å². The number of hydrogen-bond donors (Lipinski definition) is 3. The molecule has 1 aromatic carbocycles. The number of aryl methyl sites for hydroxylation is 2. The van der Waals surface area contributed by atoms with Gasteiger partial charge < -0.3 is 24.8 Å². The van der Waals surface area contributed by atoms with Gasteiger partial charge in [-0.1, -0.05) is 0 Å². The van der Waals surface area contributed by atoms with Gasteiger partial charge in [-0.25, -0.2) is 0 Å². The Bertz CT molecular complexity index is 800. The smallest absolute Gasteiger partial charge is 0.255 e. The molecule has 1 atom stereocenters. The van der Waals surface area contributed by atoms with Crippen LogP contribution in [0.3, 0.4) is 0 Å². The fourth-order valence-corrected chi connectivity index (χ4v) is 3.48. The number of hydrogen-bond acceptors (Lipinski definition) is 5. The third kappa shape index (κ3) is 3.93. The van der Waals surface area contributed by atoms with Crippen molar-refractivity contribution in [1.82, 2.24) is 9.88 Å². The van der Waals surface area contributed by atoms with Crippen LogP contribution in [0.5, 0.6) is 0 Å². The Hall–Kier alpha value is -1.73. The first-order valence-electron chi connectivity index (χ1n) is 8.81.